The number of aryl methyl sites for hydroxylation is 2. The summed E-state index contributed by atoms with van der Waals surface area (Å²) in [5, 5.41) is 3.05. The van der Waals surface area contributed by atoms with Gasteiger partial charge in [0.15, 0.2) is 0 Å². The highest BCUT2D eigenvalue weighted by Gasteiger charge is 2.28. The fourth-order valence-electron chi connectivity index (χ4n) is 4.50. The van der Waals surface area contributed by atoms with Crippen molar-refractivity contribution in [1.29, 1.82) is 0 Å². The Balaban J connectivity index is 2.74. The maximum Gasteiger partial charge on any atom is 0.00320 e. The molecule has 0 saturated carbocycles. The lowest BCUT2D eigenvalue weighted by Gasteiger charge is -2.32. The first-order valence-corrected chi connectivity index (χ1v) is 8.40. The minimum Gasteiger partial charge on any atom is -0.0625 e. The van der Waals surface area contributed by atoms with Crippen LogP contribution < -0.4 is 0 Å². The summed E-state index contributed by atoms with van der Waals surface area (Å²) in [4.78, 5) is 0. The predicted octanol–water partition coefficient (Wildman–Crippen LogP) is 6.60. The van der Waals surface area contributed by atoms with E-state index in [-0.39, 0.29) is 0 Å². The van der Waals surface area contributed by atoms with E-state index in [0.717, 1.165) is 0 Å². The summed E-state index contributed by atoms with van der Waals surface area (Å²) in [5.41, 5.74) is 14.9. The number of rotatable bonds is 0. The topological polar surface area (TPSA) is 0 Å². The van der Waals surface area contributed by atoms with E-state index >= 15 is 0 Å². The highest BCUT2D eigenvalue weighted by molar-refractivity contribution is 6.05. The van der Waals surface area contributed by atoms with E-state index in [0.29, 0.717) is 5.92 Å². The van der Waals surface area contributed by atoms with Gasteiger partial charge in [0, 0.05) is 5.92 Å². The molecule has 0 radical (unpaired) electrons. The van der Waals surface area contributed by atoms with Gasteiger partial charge in [-0.15, -0.1) is 0 Å². The van der Waals surface area contributed by atoms with E-state index < -0.39 is 0 Å². The fourth-order valence-corrected chi connectivity index (χ4v) is 4.50. The molecule has 0 spiro atoms. The van der Waals surface area contributed by atoms with E-state index in [2.05, 4.69) is 62.3 Å². The van der Waals surface area contributed by atoms with Crippen molar-refractivity contribution >= 4 is 16.3 Å². The normalized spacial score (nSPS) is 17.6. The second-order valence-electron chi connectivity index (χ2n) is 7.32. The smallest absolute Gasteiger partial charge is 0.00320 e. The van der Waals surface area contributed by atoms with Crippen LogP contribution >= 0.6 is 0 Å². The quantitative estimate of drug-likeness (QED) is 0.513. The van der Waals surface area contributed by atoms with Gasteiger partial charge in [-0.2, -0.15) is 0 Å². The first-order valence-electron chi connectivity index (χ1n) is 8.40. The van der Waals surface area contributed by atoms with Crippen LogP contribution in [0.2, 0.25) is 0 Å². The van der Waals surface area contributed by atoms with Gasteiger partial charge >= 0.3 is 0 Å². The summed E-state index contributed by atoms with van der Waals surface area (Å²) in [5.74, 6) is 0.524. The SMILES string of the molecule is CC1=C(C)C(C)c2c(C)c(C)c(C)c3c(C)c(C)c(C)c1c23. The molecule has 0 N–H and O–H groups in total. The summed E-state index contributed by atoms with van der Waals surface area (Å²) in [6.45, 7) is 20.8. The minimum atomic E-state index is 0.524. The van der Waals surface area contributed by atoms with Crippen molar-refractivity contribution in [3.8, 4) is 0 Å². The molecule has 3 rings (SSSR count). The molecule has 0 bridgehead atoms. The van der Waals surface area contributed by atoms with Gasteiger partial charge in [0.2, 0.25) is 0 Å². The van der Waals surface area contributed by atoms with Crippen LogP contribution in [0.25, 0.3) is 16.3 Å². The van der Waals surface area contributed by atoms with Crippen molar-refractivity contribution in [2.75, 3.05) is 0 Å². The molecular formula is C22H28. The van der Waals surface area contributed by atoms with Gasteiger partial charge in [-0.3, -0.25) is 0 Å². The largest absolute Gasteiger partial charge is 0.0625 e. The van der Waals surface area contributed by atoms with Crippen LogP contribution in [-0.2, 0) is 0 Å². The third kappa shape index (κ3) is 1.64. The molecule has 0 saturated heterocycles. The molecule has 0 aromatic heterocycles. The highest BCUT2D eigenvalue weighted by Crippen LogP contribution is 2.48. The lowest BCUT2D eigenvalue weighted by Crippen LogP contribution is -2.13. The van der Waals surface area contributed by atoms with E-state index in [1.807, 2.05) is 0 Å². The lowest BCUT2D eigenvalue weighted by molar-refractivity contribution is 0.881. The predicted molar refractivity (Wildman–Crippen MR) is 99.1 cm³/mol. The lowest BCUT2D eigenvalue weighted by atomic mass is 9.72. The molecule has 0 nitrogen and oxygen atoms in total. The van der Waals surface area contributed by atoms with Gasteiger partial charge in [-0.1, -0.05) is 12.5 Å². The Kier molecular flexibility index (Phi) is 3.29. The zero-order valence-electron chi connectivity index (χ0n) is 15.6. The Labute approximate surface area is 135 Å². The Morgan fingerprint density at radius 3 is 1.59 bits per heavy atom. The molecule has 2 aromatic rings. The fraction of sp³-hybridized carbons (Fsp3) is 0.455. The Hall–Kier alpha value is -1.56. The molecule has 22 heavy (non-hydrogen) atoms. The maximum atomic E-state index is 2.38. The van der Waals surface area contributed by atoms with Gasteiger partial charge in [-0.25, -0.2) is 0 Å². The van der Waals surface area contributed by atoms with Gasteiger partial charge in [0.1, 0.15) is 0 Å². The average molecular weight is 292 g/mol. The Morgan fingerprint density at radius 1 is 0.545 bits per heavy atom. The molecule has 0 heteroatoms. The Morgan fingerprint density at radius 2 is 1.05 bits per heavy atom. The molecule has 0 heterocycles. The second-order valence-corrected chi connectivity index (χ2v) is 7.32. The summed E-state index contributed by atoms with van der Waals surface area (Å²) in [6.07, 6.45) is 0. The monoisotopic (exact) mass is 292 g/mol. The van der Waals surface area contributed by atoms with Crippen LogP contribution in [0.15, 0.2) is 5.57 Å². The molecule has 0 aliphatic heterocycles. The van der Waals surface area contributed by atoms with E-state index in [1.165, 1.54) is 60.9 Å². The zero-order valence-corrected chi connectivity index (χ0v) is 15.6. The first-order chi connectivity index (χ1) is 10.2. The van der Waals surface area contributed by atoms with Crippen molar-refractivity contribution in [1.82, 2.24) is 0 Å². The van der Waals surface area contributed by atoms with Crippen LogP contribution in [0.3, 0.4) is 0 Å². The summed E-state index contributed by atoms with van der Waals surface area (Å²) in [7, 11) is 0. The standard InChI is InChI=1S/C22H28/c1-10-13(4)19-15(6)11(2)17(8)21-18(9)12(3)16(7)20(14(10)5)22(19)21/h13H,1-9H3. The van der Waals surface area contributed by atoms with Gasteiger partial charge in [0.25, 0.3) is 0 Å². The molecule has 0 amide bonds. The van der Waals surface area contributed by atoms with Crippen LogP contribution in [0.4, 0.5) is 0 Å². The van der Waals surface area contributed by atoms with Crippen molar-refractivity contribution in [3.05, 3.63) is 50.1 Å². The molecule has 1 unspecified atom stereocenters. The van der Waals surface area contributed by atoms with Crippen molar-refractivity contribution in [2.45, 2.75) is 68.2 Å². The summed E-state index contributed by atoms with van der Waals surface area (Å²) in [6, 6.07) is 0. The maximum absolute atomic E-state index is 2.38. The summed E-state index contributed by atoms with van der Waals surface area (Å²) >= 11 is 0. The van der Waals surface area contributed by atoms with Gasteiger partial charge in [0.05, 0.1) is 0 Å². The van der Waals surface area contributed by atoms with Crippen LogP contribution in [0.5, 0.6) is 0 Å². The number of hydrogen-bond acceptors (Lipinski definition) is 0. The number of hydrogen-bond donors (Lipinski definition) is 0. The van der Waals surface area contributed by atoms with E-state index in [4.69, 9.17) is 0 Å². The van der Waals surface area contributed by atoms with E-state index in [1.54, 1.807) is 5.56 Å². The molecule has 1 aliphatic rings. The third-order valence-electron chi connectivity index (χ3n) is 6.60. The molecule has 116 valence electrons. The second kappa shape index (κ2) is 4.72. The van der Waals surface area contributed by atoms with Gasteiger partial charge in [-0.05, 0) is 116 Å². The Bertz CT molecular complexity index is 852. The molecule has 0 fully saturated rings. The van der Waals surface area contributed by atoms with E-state index in [9.17, 15) is 0 Å². The average Bonchev–Trinajstić information content (AvgIpc) is 2.48. The molecule has 2 aromatic carbocycles. The number of benzene rings is 2. The molecule has 1 aliphatic carbocycles. The van der Waals surface area contributed by atoms with Crippen LogP contribution in [-0.4, -0.2) is 0 Å². The van der Waals surface area contributed by atoms with Gasteiger partial charge < -0.3 is 0 Å². The zero-order chi connectivity index (χ0) is 16.5. The minimum absolute atomic E-state index is 0.524. The van der Waals surface area contributed by atoms with Crippen LogP contribution in [0, 0.1) is 41.5 Å². The van der Waals surface area contributed by atoms with Crippen molar-refractivity contribution in [3.63, 3.8) is 0 Å². The summed E-state index contributed by atoms with van der Waals surface area (Å²) < 4.78 is 0. The highest BCUT2D eigenvalue weighted by atomic mass is 14.3. The number of allylic oxidation sites excluding steroid dienone is 2. The third-order valence-corrected chi connectivity index (χ3v) is 6.60. The first kappa shape index (κ1) is 15.3. The van der Waals surface area contributed by atoms with Crippen LogP contribution in [0.1, 0.15) is 71.2 Å². The molecule has 1 atom stereocenters. The van der Waals surface area contributed by atoms with Crippen molar-refractivity contribution < 1.29 is 0 Å². The van der Waals surface area contributed by atoms with Crippen molar-refractivity contribution in [2.24, 2.45) is 0 Å². The molecular weight excluding hydrogens is 264 g/mol.